The van der Waals surface area contributed by atoms with Crippen LogP contribution in [0, 0.1) is 0 Å². The second kappa shape index (κ2) is 11.6. The molecule has 1 heterocycles. The number of hydrogen-bond acceptors (Lipinski definition) is 7. The van der Waals surface area contributed by atoms with Crippen LogP contribution in [0.15, 0.2) is 95.9 Å². The van der Waals surface area contributed by atoms with E-state index in [4.69, 9.17) is 14.2 Å². The Morgan fingerprint density at radius 3 is 2.41 bits per heavy atom. The molecule has 4 aromatic rings. The zero-order chi connectivity index (χ0) is 29.0. The Labute approximate surface area is 237 Å². The lowest BCUT2D eigenvalue weighted by atomic mass is 10.1. The van der Waals surface area contributed by atoms with Crippen LogP contribution >= 0.6 is 0 Å². The number of sulfonamides is 1. The number of para-hydroxylation sites is 1. The fourth-order valence-electron chi connectivity index (χ4n) is 4.20. The normalized spacial score (nSPS) is 12.0. The number of methoxy groups -OCH3 is 1. The van der Waals surface area contributed by atoms with Crippen LogP contribution in [-0.2, 0) is 16.6 Å². The predicted octanol–water partition coefficient (Wildman–Crippen LogP) is 4.43. The van der Waals surface area contributed by atoms with Gasteiger partial charge in [-0.25, -0.2) is 8.42 Å². The first-order chi connectivity index (χ1) is 19.8. The van der Waals surface area contributed by atoms with Gasteiger partial charge in [0.15, 0.2) is 11.5 Å². The first kappa shape index (κ1) is 27.5. The molecule has 41 heavy (non-hydrogen) atoms. The summed E-state index contributed by atoms with van der Waals surface area (Å²) in [4.78, 5) is 26.1. The Kier molecular flexibility index (Phi) is 7.79. The van der Waals surface area contributed by atoms with Crippen LogP contribution < -0.4 is 29.1 Å². The number of hydrogen-bond donors (Lipinski definition) is 2. The van der Waals surface area contributed by atoms with Gasteiger partial charge < -0.3 is 24.8 Å². The fraction of sp³-hybridized carbons (Fsp3) is 0.133. The third kappa shape index (κ3) is 5.94. The van der Waals surface area contributed by atoms with Crippen molar-refractivity contribution in [2.24, 2.45) is 0 Å². The predicted molar refractivity (Wildman–Crippen MR) is 153 cm³/mol. The molecule has 10 nitrogen and oxygen atoms in total. The summed E-state index contributed by atoms with van der Waals surface area (Å²) in [5, 5.41) is 5.58. The molecule has 0 bridgehead atoms. The Morgan fingerprint density at radius 1 is 0.878 bits per heavy atom. The molecule has 0 aliphatic carbocycles. The van der Waals surface area contributed by atoms with E-state index in [1.54, 1.807) is 60.7 Å². The summed E-state index contributed by atoms with van der Waals surface area (Å²) in [6.45, 7) is 0.395. The van der Waals surface area contributed by atoms with Crippen molar-refractivity contribution in [3.8, 4) is 17.2 Å². The largest absolute Gasteiger partial charge is 0.497 e. The molecule has 1 aliphatic heterocycles. The molecular weight excluding hydrogens is 546 g/mol. The summed E-state index contributed by atoms with van der Waals surface area (Å²) in [7, 11) is -1.01. The lowest BCUT2D eigenvalue weighted by Gasteiger charge is -2.20. The van der Waals surface area contributed by atoms with Gasteiger partial charge in [0.1, 0.15) is 5.75 Å². The van der Waals surface area contributed by atoms with E-state index in [0.29, 0.717) is 22.9 Å². The summed E-state index contributed by atoms with van der Waals surface area (Å²) in [6.07, 6.45) is 0. The highest BCUT2D eigenvalue weighted by molar-refractivity contribution is 7.92. The SMILES string of the molecule is COc1ccc(N(C)S(=O)(=O)c2cccc(C(=O)Nc3ccccc3C(=O)NCc3ccc4c(c3)OCO4)c2)cc1. The standard InChI is InChI=1S/C30H27N3O7S/c1-33(22-11-13-23(38-2)14-12-22)41(36,37)24-7-5-6-21(17-24)29(34)32-26-9-4-3-8-25(26)30(35)31-18-20-10-15-27-28(16-20)40-19-39-27/h3-17H,18-19H2,1-2H3,(H,31,35)(H,32,34). The third-order valence-corrected chi connectivity index (χ3v) is 8.28. The highest BCUT2D eigenvalue weighted by Crippen LogP contribution is 2.32. The molecule has 1 aliphatic rings. The molecule has 210 valence electrons. The van der Waals surface area contributed by atoms with Gasteiger partial charge in [0.2, 0.25) is 6.79 Å². The first-order valence-corrected chi connectivity index (χ1v) is 14.0. The van der Waals surface area contributed by atoms with Crippen molar-refractivity contribution in [1.82, 2.24) is 5.32 Å². The highest BCUT2D eigenvalue weighted by atomic mass is 32.2. The minimum absolute atomic E-state index is 0.0572. The van der Waals surface area contributed by atoms with Crippen molar-refractivity contribution in [2.75, 3.05) is 30.6 Å². The maximum Gasteiger partial charge on any atom is 0.264 e. The van der Waals surface area contributed by atoms with Crippen molar-refractivity contribution >= 4 is 33.2 Å². The Balaban J connectivity index is 1.29. The van der Waals surface area contributed by atoms with E-state index in [9.17, 15) is 18.0 Å². The smallest absolute Gasteiger partial charge is 0.264 e. The van der Waals surface area contributed by atoms with Crippen molar-refractivity contribution < 1.29 is 32.2 Å². The van der Waals surface area contributed by atoms with Crippen LogP contribution in [0.1, 0.15) is 26.3 Å². The van der Waals surface area contributed by atoms with E-state index >= 15 is 0 Å². The molecule has 11 heteroatoms. The Bertz CT molecular complexity index is 1710. The highest BCUT2D eigenvalue weighted by Gasteiger charge is 2.23. The lowest BCUT2D eigenvalue weighted by Crippen LogP contribution is -2.27. The van der Waals surface area contributed by atoms with Crippen LogP contribution in [0.25, 0.3) is 0 Å². The van der Waals surface area contributed by atoms with Crippen LogP contribution in [-0.4, -0.2) is 41.2 Å². The van der Waals surface area contributed by atoms with Gasteiger partial charge in [0.05, 0.1) is 28.9 Å². The monoisotopic (exact) mass is 573 g/mol. The van der Waals surface area contributed by atoms with Gasteiger partial charge in [0, 0.05) is 19.2 Å². The van der Waals surface area contributed by atoms with Crippen LogP contribution in [0.5, 0.6) is 17.2 Å². The van der Waals surface area contributed by atoms with Crippen molar-refractivity contribution in [3.63, 3.8) is 0 Å². The molecule has 5 rings (SSSR count). The van der Waals surface area contributed by atoms with Gasteiger partial charge in [-0.05, 0) is 72.3 Å². The molecule has 0 aromatic heterocycles. The van der Waals surface area contributed by atoms with Gasteiger partial charge in [-0.15, -0.1) is 0 Å². The first-order valence-electron chi connectivity index (χ1n) is 12.6. The molecule has 0 unspecified atom stereocenters. The summed E-state index contributed by atoms with van der Waals surface area (Å²) in [5.41, 5.74) is 1.90. The quantitative estimate of drug-likeness (QED) is 0.304. The minimum atomic E-state index is -3.97. The molecule has 0 fully saturated rings. The number of nitrogens with one attached hydrogen (secondary N) is 2. The number of ether oxygens (including phenoxy) is 3. The number of anilines is 2. The van der Waals surface area contributed by atoms with Gasteiger partial charge in [0.25, 0.3) is 21.8 Å². The summed E-state index contributed by atoms with van der Waals surface area (Å²) in [6, 6.07) is 24.3. The van der Waals surface area contributed by atoms with Crippen molar-refractivity contribution in [1.29, 1.82) is 0 Å². The van der Waals surface area contributed by atoms with E-state index in [1.165, 1.54) is 38.4 Å². The van der Waals surface area contributed by atoms with Crippen LogP contribution in [0.2, 0.25) is 0 Å². The number of rotatable bonds is 9. The maximum atomic E-state index is 13.3. The molecule has 2 amide bonds. The molecule has 0 radical (unpaired) electrons. The molecular formula is C30H27N3O7S. The zero-order valence-electron chi connectivity index (χ0n) is 22.3. The molecule has 0 saturated heterocycles. The average molecular weight is 574 g/mol. The lowest BCUT2D eigenvalue weighted by molar-refractivity contribution is 0.0951. The third-order valence-electron chi connectivity index (χ3n) is 6.50. The number of carbonyl (C=O) groups excluding carboxylic acids is 2. The number of nitrogens with zero attached hydrogens (tertiary/aromatic N) is 1. The van der Waals surface area contributed by atoms with Crippen molar-refractivity contribution in [2.45, 2.75) is 11.4 Å². The number of amides is 2. The van der Waals surface area contributed by atoms with E-state index < -0.39 is 21.8 Å². The van der Waals surface area contributed by atoms with Crippen LogP contribution in [0.3, 0.4) is 0 Å². The minimum Gasteiger partial charge on any atom is -0.497 e. The molecule has 2 N–H and O–H groups in total. The van der Waals surface area contributed by atoms with E-state index in [1.807, 2.05) is 6.07 Å². The van der Waals surface area contributed by atoms with E-state index in [-0.39, 0.29) is 35.0 Å². The zero-order valence-corrected chi connectivity index (χ0v) is 23.1. The van der Waals surface area contributed by atoms with E-state index in [2.05, 4.69) is 10.6 Å². The van der Waals surface area contributed by atoms with Crippen molar-refractivity contribution in [3.05, 3.63) is 108 Å². The van der Waals surface area contributed by atoms with Crippen LogP contribution in [0.4, 0.5) is 11.4 Å². The molecule has 0 spiro atoms. The summed E-state index contributed by atoms with van der Waals surface area (Å²) >= 11 is 0. The Morgan fingerprint density at radius 2 is 1.63 bits per heavy atom. The topological polar surface area (TPSA) is 123 Å². The fourth-order valence-corrected chi connectivity index (χ4v) is 5.44. The van der Waals surface area contributed by atoms with Gasteiger partial charge in [-0.2, -0.15) is 0 Å². The summed E-state index contributed by atoms with van der Waals surface area (Å²) < 4.78 is 43.6. The Hall–Kier alpha value is -5.03. The maximum absolute atomic E-state index is 13.3. The number of benzene rings is 4. The van der Waals surface area contributed by atoms with E-state index in [0.717, 1.165) is 9.87 Å². The molecule has 0 atom stereocenters. The summed E-state index contributed by atoms with van der Waals surface area (Å²) in [5.74, 6) is 0.905. The number of carbonyl (C=O) groups is 2. The van der Waals surface area contributed by atoms with Gasteiger partial charge >= 0.3 is 0 Å². The second-order valence-electron chi connectivity index (χ2n) is 9.07. The van der Waals surface area contributed by atoms with Gasteiger partial charge in [-0.3, -0.25) is 13.9 Å². The number of fused-ring (bicyclic) bond motifs is 1. The second-order valence-corrected chi connectivity index (χ2v) is 11.0. The average Bonchev–Trinajstić information content (AvgIpc) is 3.48. The van der Waals surface area contributed by atoms with Gasteiger partial charge in [-0.1, -0.05) is 24.3 Å². The molecule has 0 saturated carbocycles. The molecule has 4 aromatic carbocycles.